The number of carbonyl (C=O) groups excluding carboxylic acids is 1. The average Bonchev–Trinajstić information content (AvgIpc) is 2.97. The first-order chi connectivity index (χ1) is 13.9. The quantitative estimate of drug-likeness (QED) is 0.398. The Morgan fingerprint density at radius 2 is 1.87 bits per heavy atom. The second-order valence-corrected chi connectivity index (χ2v) is 10.9. The summed E-state index contributed by atoms with van der Waals surface area (Å²) >= 11 is 0. The maximum atomic E-state index is 12.7. The van der Waals surface area contributed by atoms with E-state index < -0.39 is 34.5 Å². The summed E-state index contributed by atoms with van der Waals surface area (Å²) in [7, 11) is 0. The molecule has 0 heterocycles. The molecule has 2 N–H and O–H groups in total. The van der Waals surface area contributed by atoms with Crippen molar-refractivity contribution in [2.24, 2.45) is 28.1 Å². The van der Waals surface area contributed by atoms with E-state index in [9.17, 15) is 19.8 Å². The Morgan fingerprint density at radius 3 is 2.50 bits per heavy atom. The van der Waals surface area contributed by atoms with Crippen LogP contribution >= 0.6 is 0 Å². The van der Waals surface area contributed by atoms with Gasteiger partial charge >= 0.3 is 11.9 Å². The molecule has 2 bridgehead atoms. The van der Waals surface area contributed by atoms with Gasteiger partial charge < -0.3 is 14.9 Å². The van der Waals surface area contributed by atoms with E-state index in [2.05, 4.69) is 13.5 Å². The molecule has 4 aliphatic carbocycles. The third kappa shape index (κ3) is 2.50. The highest BCUT2D eigenvalue weighted by molar-refractivity contribution is 5.88. The van der Waals surface area contributed by atoms with Crippen molar-refractivity contribution >= 4 is 11.9 Å². The number of hydrogen-bond acceptors (Lipinski definition) is 4. The highest BCUT2D eigenvalue weighted by Crippen LogP contribution is 2.74. The summed E-state index contributed by atoms with van der Waals surface area (Å²) in [6, 6.07) is 0. The number of carbonyl (C=O) groups is 2. The van der Waals surface area contributed by atoms with Crippen LogP contribution in [0.15, 0.2) is 23.8 Å². The molecule has 30 heavy (non-hydrogen) atoms. The standard InChI is InChI=1S/C25H36O5/c1-6-15(2)20(26)30-19-9-10-22(4)18(23(19,5)21(27)28)8-11-24-13-16(3)17(14-24)7-12-25(22,24)29/h6,17-19,29H,3,7-14H2,1-2,4-5H3,(H,27,28)/b15-6+/t17?,18-,19?,22+,23-,24+,25+/m0/s1. The molecular formula is C25H36O5. The summed E-state index contributed by atoms with van der Waals surface area (Å²) in [4.78, 5) is 25.2. The predicted molar refractivity (Wildman–Crippen MR) is 114 cm³/mol. The van der Waals surface area contributed by atoms with Crippen LogP contribution in [-0.2, 0) is 14.3 Å². The van der Waals surface area contributed by atoms with Gasteiger partial charge in [-0.15, -0.1) is 0 Å². The van der Waals surface area contributed by atoms with E-state index in [1.54, 1.807) is 26.8 Å². The van der Waals surface area contributed by atoms with E-state index in [1.807, 2.05) is 0 Å². The Bertz CT molecular complexity index is 829. The van der Waals surface area contributed by atoms with Crippen molar-refractivity contribution in [2.75, 3.05) is 0 Å². The van der Waals surface area contributed by atoms with Crippen molar-refractivity contribution in [3.8, 4) is 0 Å². The van der Waals surface area contributed by atoms with Gasteiger partial charge in [-0.3, -0.25) is 4.79 Å². The molecule has 2 unspecified atom stereocenters. The first-order valence-electron chi connectivity index (χ1n) is 11.4. The molecule has 4 saturated carbocycles. The van der Waals surface area contributed by atoms with Crippen molar-refractivity contribution < 1.29 is 24.5 Å². The molecule has 4 aliphatic rings. The zero-order chi connectivity index (χ0) is 22.1. The van der Waals surface area contributed by atoms with E-state index in [-0.39, 0.29) is 11.3 Å². The number of fused-ring (bicyclic) bond motifs is 3. The van der Waals surface area contributed by atoms with Gasteiger partial charge in [0, 0.05) is 16.4 Å². The van der Waals surface area contributed by atoms with Crippen LogP contribution < -0.4 is 0 Å². The average molecular weight is 417 g/mol. The monoisotopic (exact) mass is 416 g/mol. The minimum Gasteiger partial charge on any atom is -0.481 e. The van der Waals surface area contributed by atoms with Crippen LogP contribution in [0.5, 0.6) is 0 Å². The fourth-order valence-electron chi connectivity index (χ4n) is 7.96. The van der Waals surface area contributed by atoms with E-state index in [1.165, 1.54) is 5.57 Å². The molecule has 166 valence electrons. The first kappa shape index (κ1) is 21.6. The summed E-state index contributed by atoms with van der Waals surface area (Å²) in [5.74, 6) is -1.13. The Hall–Kier alpha value is -1.62. The van der Waals surface area contributed by atoms with Gasteiger partial charge in [0.2, 0.25) is 0 Å². The Morgan fingerprint density at radius 1 is 1.17 bits per heavy atom. The summed E-state index contributed by atoms with van der Waals surface area (Å²) in [5.41, 5.74) is -1.07. The van der Waals surface area contributed by atoms with E-state index in [0.29, 0.717) is 30.8 Å². The van der Waals surface area contributed by atoms with Crippen LogP contribution in [0.1, 0.15) is 79.1 Å². The lowest BCUT2D eigenvalue weighted by Crippen LogP contribution is -2.71. The van der Waals surface area contributed by atoms with E-state index in [4.69, 9.17) is 4.74 Å². The molecule has 0 amide bonds. The Kier molecular flexibility index (Phi) is 4.82. The van der Waals surface area contributed by atoms with Crippen molar-refractivity contribution in [1.82, 2.24) is 0 Å². The molecular weight excluding hydrogens is 380 g/mol. The van der Waals surface area contributed by atoms with Crippen molar-refractivity contribution in [1.29, 1.82) is 0 Å². The first-order valence-corrected chi connectivity index (χ1v) is 11.4. The lowest BCUT2D eigenvalue weighted by atomic mass is 9.38. The van der Waals surface area contributed by atoms with Crippen LogP contribution in [0.4, 0.5) is 0 Å². The highest BCUT2D eigenvalue weighted by atomic mass is 16.5. The maximum absolute atomic E-state index is 12.7. The molecule has 5 heteroatoms. The van der Waals surface area contributed by atoms with Gasteiger partial charge in [0.05, 0.1) is 5.60 Å². The number of allylic oxidation sites excluding steroid dienone is 2. The third-order valence-corrected chi connectivity index (χ3v) is 9.92. The highest BCUT2D eigenvalue weighted by Gasteiger charge is 2.74. The molecule has 0 saturated heterocycles. The van der Waals surface area contributed by atoms with Gasteiger partial charge in [-0.1, -0.05) is 25.2 Å². The molecule has 0 aliphatic heterocycles. The lowest BCUT2D eigenvalue weighted by molar-refractivity contribution is -0.276. The number of carboxylic acids is 1. The summed E-state index contributed by atoms with van der Waals surface area (Å²) in [6.07, 6.45) is 7.16. The Labute approximate surface area is 179 Å². The minimum atomic E-state index is -1.22. The second kappa shape index (κ2) is 6.69. The lowest BCUT2D eigenvalue weighted by Gasteiger charge is -2.68. The van der Waals surface area contributed by atoms with Gasteiger partial charge in [0.15, 0.2) is 0 Å². The largest absolute Gasteiger partial charge is 0.481 e. The number of rotatable bonds is 3. The van der Waals surface area contributed by atoms with Gasteiger partial charge in [-0.25, -0.2) is 4.79 Å². The number of ether oxygens (including phenoxy) is 1. The smallest absolute Gasteiger partial charge is 0.333 e. The number of carboxylic acid groups (broad SMARTS) is 1. The molecule has 0 aromatic carbocycles. The number of hydrogen-bond donors (Lipinski definition) is 2. The fraction of sp³-hybridized carbons (Fsp3) is 0.760. The molecule has 1 spiro atoms. The molecule has 4 fully saturated rings. The maximum Gasteiger partial charge on any atom is 0.333 e. The number of aliphatic hydroxyl groups is 1. The van der Waals surface area contributed by atoms with Crippen molar-refractivity contribution in [3.05, 3.63) is 23.8 Å². The fourth-order valence-corrected chi connectivity index (χ4v) is 7.96. The van der Waals surface area contributed by atoms with Crippen LogP contribution in [0.3, 0.4) is 0 Å². The van der Waals surface area contributed by atoms with Gasteiger partial charge in [0.25, 0.3) is 0 Å². The molecule has 7 atom stereocenters. The van der Waals surface area contributed by atoms with Crippen LogP contribution in [-0.4, -0.2) is 33.9 Å². The predicted octanol–water partition coefficient (Wildman–Crippen LogP) is 4.64. The van der Waals surface area contributed by atoms with Crippen molar-refractivity contribution in [3.63, 3.8) is 0 Å². The van der Waals surface area contributed by atoms with Gasteiger partial charge in [0.1, 0.15) is 11.5 Å². The van der Waals surface area contributed by atoms with E-state index in [0.717, 1.165) is 32.1 Å². The SMILES string of the molecule is C=C1C[C@@]23CC[C@@H]4[C@](C)(C(=O)O)C(OC(=O)/C(C)=C/C)CC[C@@]4(C)[C@]2(O)CCC1C3. The summed E-state index contributed by atoms with van der Waals surface area (Å²) in [6.45, 7) is 11.6. The summed E-state index contributed by atoms with van der Waals surface area (Å²) in [5, 5.41) is 22.7. The summed E-state index contributed by atoms with van der Waals surface area (Å²) < 4.78 is 5.78. The zero-order valence-electron chi connectivity index (χ0n) is 18.8. The number of aliphatic carboxylic acids is 1. The van der Waals surface area contributed by atoms with Crippen molar-refractivity contribution in [2.45, 2.75) is 90.8 Å². The third-order valence-electron chi connectivity index (χ3n) is 9.92. The number of esters is 1. The molecule has 0 aromatic heterocycles. The zero-order valence-corrected chi connectivity index (χ0v) is 18.8. The molecule has 0 aromatic rings. The van der Waals surface area contributed by atoms with E-state index >= 15 is 0 Å². The van der Waals surface area contributed by atoms with Crippen LogP contribution in [0.2, 0.25) is 0 Å². The minimum absolute atomic E-state index is 0.178. The normalized spacial score (nSPS) is 48.0. The molecule has 0 radical (unpaired) electrons. The van der Waals surface area contributed by atoms with Gasteiger partial charge in [-0.05, 0) is 84.0 Å². The second-order valence-electron chi connectivity index (χ2n) is 10.9. The molecule has 4 rings (SSSR count). The Balaban J connectivity index is 1.73. The van der Waals surface area contributed by atoms with Crippen LogP contribution in [0.25, 0.3) is 0 Å². The van der Waals surface area contributed by atoms with Crippen LogP contribution in [0, 0.1) is 28.1 Å². The topological polar surface area (TPSA) is 83.8 Å². The molecule has 5 nitrogen and oxygen atoms in total. The van der Waals surface area contributed by atoms with Gasteiger partial charge in [-0.2, -0.15) is 0 Å².